The van der Waals surface area contributed by atoms with E-state index in [1.807, 2.05) is 0 Å². The van der Waals surface area contributed by atoms with E-state index in [1.165, 1.54) is 0 Å². The molecule has 0 radical (unpaired) electrons. The van der Waals surface area contributed by atoms with Gasteiger partial charge < -0.3 is 4.43 Å². The van der Waals surface area contributed by atoms with Crippen molar-refractivity contribution >= 4 is 14.3 Å². The van der Waals surface area contributed by atoms with E-state index >= 15 is 0 Å². The maximum absolute atomic E-state index is 11.5. The van der Waals surface area contributed by atoms with Crippen molar-refractivity contribution in [2.75, 3.05) is 0 Å². The average Bonchev–Trinajstić information content (AvgIpc) is 1.60. The molecule has 0 fully saturated rings. The molecule has 0 heterocycles. The highest BCUT2D eigenvalue weighted by molar-refractivity contribution is 6.71. The van der Waals surface area contributed by atoms with Crippen molar-refractivity contribution in [2.24, 2.45) is 0 Å². The predicted octanol–water partition coefficient (Wildman–Crippen LogP) is 1.63. The van der Waals surface area contributed by atoms with Crippen LogP contribution in [0.4, 0.5) is 8.78 Å². The zero-order valence-electron chi connectivity index (χ0n) is 6.15. The van der Waals surface area contributed by atoms with Gasteiger partial charge in [-0.15, -0.1) is 0 Å². The van der Waals surface area contributed by atoms with Crippen molar-refractivity contribution in [3.8, 4) is 0 Å². The van der Waals surface area contributed by atoms with Gasteiger partial charge in [-0.25, -0.2) is 4.79 Å². The number of alkyl halides is 2. The Balaban J connectivity index is 3.81. The molecular formula is C5H10F2O2Si. The molecule has 0 amide bonds. The summed E-state index contributed by atoms with van der Waals surface area (Å²) in [6.07, 6.45) is -2.99. The first-order valence-corrected chi connectivity index (χ1v) is 6.25. The predicted molar refractivity (Wildman–Crippen MR) is 35.4 cm³/mol. The van der Waals surface area contributed by atoms with E-state index in [0.717, 1.165) is 0 Å². The molecule has 10 heavy (non-hydrogen) atoms. The van der Waals surface area contributed by atoms with Crippen molar-refractivity contribution in [3.05, 3.63) is 0 Å². The van der Waals surface area contributed by atoms with Gasteiger partial charge in [0.15, 0.2) is 0 Å². The van der Waals surface area contributed by atoms with Gasteiger partial charge in [0.25, 0.3) is 0 Å². The Bertz CT molecular complexity index is 130. The van der Waals surface area contributed by atoms with Gasteiger partial charge in [0.05, 0.1) is 0 Å². The number of hydrogen-bond donors (Lipinski definition) is 0. The quantitative estimate of drug-likeness (QED) is 0.586. The monoisotopic (exact) mass is 168 g/mol. The van der Waals surface area contributed by atoms with Gasteiger partial charge in [0.1, 0.15) is 0 Å². The Hall–Kier alpha value is -0.453. The molecular weight excluding hydrogens is 158 g/mol. The molecule has 0 aromatic rings. The minimum absolute atomic E-state index is 1.40. The third kappa shape index (κ3) is 4.43. The lowest BCUT2D eigenvalue weighted by Crippen LogP contribution is -2.32. The molecule has 0 saturated carbocycles. The molecule has 0 rings (SSSR count). The summed E-state index contributed by atoms with van der Waals surface area (Å²) in [4.78, 5) is 10.2. The lowest BCUT2D eigenvalue weighted by Gasteiger charge is -2.16. The molecule has 0 unspecified atom stereocenters. The second kappa shape index (κ2) is 3.09. The summed E-state index contributed by atoms with van der Waals surface area (Å²) >= 11 is 0. The fourth-order valence-corrected chi connectivity index (χ4v) is 1.04. The molecule has 0 aromatic carbocycles. The summed E-state index contributed by atoms with van der Waals surface area (Å²) in [6.45, 7) is 5.02. The van der Waals surface area contributed by atoms with E-state index in [9.17, 15) is 13.6 Å². The Morgan fingerprint density at radius 2 is 1.80 bits per heavy atom. The molecule has 0 aromatic heterocycles. The molecule has 0 saturated heterocycles. The van der Waals surface area contributed by atoms with Crippen LogP contribution in [0.2, 0.25) is 19.6 Å². The van der Waals surface area contributed by atoms with Gasteiger partial charge in [0.2, 0.25) is 8.32 Å². The molecule has 0 aliphatic carbocycles. The Kier molecular flexibility index (Phi) is 2.95. The van der Waals surface area contributed by atoms with Crippen LogP contribution in [-0.4, -0.2) is 20.7 Å². The van der Waals surface area contributed by atoms with Crippen molar-refractivity contribution in [1.82, 2.24) is 0 Å². The van der Waals surface area contributed by atoms with Crippen LogP contribution in [0.15, 0.2) is 0 Å². The van der Waals surface area contributed by atoms with E-state index in [-0.39, 0.29) is 0 Å². The normalized spacial score (nSPS) is 11.8. The van der Waals surface area contributed by atoms with E-state index in [0.29, 0.717) is 0 Å². The molecule has 0 N–H and O–H groups in total. The van der Waals surface area contributed by atoms with Crippen LogP contribution in [-0.2, 0) is 9.22 Å². The first-order chi connectivity index (χ1) is 4.33. The van der Waals surface area contributed by atoms with Gasteiger partial charge in [-0.1, -0.05) is 0 Å². The highest BCUT2D eigenvalue weighted by Gasteiger charge is 2.25. The smallest absolute Gasteiger partial charge is 0.360 e. The summed E-state index contributed by atoms with van der Waals surface area (Å²) in [5.74, 6) is -1.40. The molecule has 5 heteroatoms. The van der Waals surface area contributed by atoms with Crippen molar-refractivity contribution in [1.29, 1.82) is 0 Å². The molecule has 0 aliphatic rings. The van der Waals surface area contributed by atoms with Gasteiger partial charge in [-0.05, 0) is 19.6 Å². The maximum Gasteiger partial charge on any atom is 0.360 e. The van der Waals surface area contributed by atoms with Crippen LogP contribution >= 0.6 is 0 Å². The standard InChI is InChI=1S/C5H10F2O2Si/c1-10(2,3)9-5(8)4(6)7/h4H,1-3H3. The fourth-order valence-electron chi connectivity index (χ4n) is 0.346. The van der Waals surface area contributed by atoms with Gasteiger partial charge in [-0.3, -0.25) is 0 Å². The van der Waals surface area contributed by atoms with Crippen molar-refractivity contribution in [3.63, 3.8) is 0 Å². The molecule has 60 valence electrons. The molecule has 0 spiro atoms. The summed E-state index contributed by atoms with van der Waals surface area (Å²) in [5, 5.41) is 0. The summed E-state index contributed by atoms with van der Waals surface area (Å²) in [5.41, 5.74) is 0. The zero-order chi connectivity index (χ0) is 8.36. The molecule has 2 nitrogen and oxygen atoms in total. The minimum atomic E-state index is -2.99. The van der Waals surface area contributed by atoms with Crippen LogP contribution in [0.3, 0.4) is 0 Å². The first-order valence-electron chi connectivity index (χ1n) is 2.84. The average molecular weight is 168 g/mol. The van der Waals surface area contributed by atoms with Crippen molar-refractivity contribution < 1.29 is 18.0 Å². The Labute approximate surface area is 59.3 Å². The largest absolute Gasteiger partial charge is 0.516 e. The van der Waals surface area contributed by atoms with E-state index in [1.54, 1.807) is 19.6 Å². The third-order valence-electron chi connectivity index (χ3n) is 0.585. The zero-order valence-corrected chi connectivity index (χ0v) is 7.15. The Morgan fingerprint density at radius 1 is 1.40 bits per heavy atom. The third-order valence-corrected chi connectivity index (χ3v) is 1.40. The summed E-state index contributed by atoms with van der Waals surface area (Å²) in [7, 11) is -2.11. The number of carbonyl (C=O) groups excluding carboxylic acids is 1. The van der Waals surface area contributed by atoms with E-state index < -0.39 is 20.7 Å². The van der Waals surface area contributed by atoms with Crippen LogP contribution in [0.25, 0.3) is 0 Å². The summed E-state index contributed by atoms with van der Waals surface area (Å²) in [6, 6.07) is 0. The lowest BCUT2D eigenvalue weighted by molar-refractivity contribution is -0.147. The number of carbonyl (C=O) groups is 1. The van der Waals surface area contributed by atoms with Crippen molar-refractivity contribution in [2.45, 2.75) is 26.1 Å². The minimum Gasteiger partial charge on any atom is -0.516 e. The number of halogens is 2. The highest BCUT2D eigenvalue weighted by Crippen LogP contribution is 2.06. The second-order valence-corrected chi connectivity index (χ2v) is 7.26. The van der Waals surface area contributed by atoms with Crippen LogP contribution in [0.1, 0.15) is 0 Å². The topological polar surface area (TPSA) is 26.3 Å². The molecule has 0 bridgehead atoms. The maximum atomic E-state index is 11.5. The molecule has 0 atom stereocenters. The van der Waals surface area contributed by atoms with E-state index in [2.05, 4.69) is 4.43 Å². The lowest BCUT2D eigenvalue weighted by atomic mass is 10.7. The van der Waals surface area contributed by atoms with Crippen LogP contribution in [0.5, 0.6) is 0 Å². The van der Waals surface area contributed by atoms with Gasteiger partial charge >= 0.3 is 12.4 Å². The first kappa shape index (κ1) is 9.55. The second-order valence-electron chi connectivity index (χ2n) is 2.83. The van der Waals surface area contributed by atoms with Crippen LogP contribution < -0.4 is 0 Å². The van der Waals surface area contributed by atoms with Gasteiger partial charge in [-0.2, -0.15) is 8.78 Å². The summed E-state index contributed by atoms with van der Waals surface area (Å²) < 4.78 is 27.5. The highest BCUT2D eigenvalue weighted by atomic mass is 28.4. The van der Waals surface area contributed by atoms with Gasteiger partial charge in [0, 0.05) is 0 Å². The Morgan fingerprint density at radius 3 is 1.90 bits per heavy atom. The number of hydrogen-bond acceptors (Lipinski definition) is 2. The van der Waals surface area contributed by atoms with E-state index in [4.69, 9.17) is 0 Å². The van der Waals surface area contributed by atoms with Crippen LogP contribution in [0, 0.1) is 0 Å². The SMILES string of the molecule is C[Si](C)(C)OC(=O)C(F)F. The fraction of sp³-hybridized carbons (Fsp3) is 0.800. The number of rotatable bonds is 2. The molecule has 0 aliphatic heterocycles.